The van der Waals surface area contributed by atoms with Crippen LogP contribution in [0.5, 0.6) is 0 Å². The summed E-state index contributed by atoms with van der Waals surface area (Å²) in [5.74, 6) is -0.937. The summed E-state index contributed by atoms with van der Waals surface area (Å²) in [5, 5.41) is 9.26. The average molecular weight is 321 g/mol. The Morgan fingerprint density at radius 1 is 1.38 bits per heavy atom. The maximum atomic E-state index is 13.2. The lowest BCUT2D eigenvalue weighted by Gasteiger charge is -2.14. The molecule has 1 aromatic carbocycles. The fourth-order valence-electron chi connectivity index (χ4n) is 1.12. The molecule has 90 valence electrons. The van der Waals surface area contributed by atoms with E-state index < -0.39 is 30.1 Å². The Labute approximate surface area is 102 Å². The molecule has 0 aliphatic rings. The maximum Gasteiger partial charge on any atom is 0.391 e. The number of alkyl halides is 3. The minimum atomic E-state index is -4.56. The molecule has 7 heteroatoms. The highest BCUT2D eigenvalue weighted by molar-refractivity contribution is 9.10. The van der Waals surface area contributed by atoms with Crippen molar-refractivity contribution in [3.8, 4) is 0 Å². The summed E-state index contributed by atoms with van der Waals surface area (Å²) in [7, 11) is 0. The number of rotatable bonds is 2. The Balaban J connectivity index is 3.00. The van der Waals surface area contributed by atoms with Gasteiger partial charge in [-0.15, -0.1) is 0 Å². The van der Waals surface area contributed by atoms with Crippen LogP contribution in [0.25, 0.3) is 0 Å². The molecule has 1 N–H and O–H groups in total. The van der Waals surface area contributed by atoms with Crippen LogP contribution >= 0.6 is 27.5 Å². The van der Waals surface area contributed by atoms with Crippen LogP contribution in [0, 0.1) is 5.82 Å². The minimum Gasteiger partial charge on any atom is -0.388 e. The van der Waals surface area contributed by atoms with Gasteiger partial charge < -0.3 is 5.11 Å². The molecule has 1 unspecified atom stereocenters. The van der Waals surface area contributed by atoms with Gasteiger partial charge in [-0.25, -0.2) is 4.39 Å². The molecule has 0 amide bonds. The van der Waals surface area contributed by atoms with Gasteiger partial charge in [0.05, 0.1) is 17.5 Å². The standard InChI is InChI=1S/C9H6BrClF4O/c10-5-2-7(12)4(1-6(5)11)8(16)3-9(13,14)15/h1-2,8,16H,3H2. The highest BCUT2D eigenvalue weighted by Crippen LogP contribution is 2.34. The summed E-state index contributed by atoms with van der Waals surface area (Å²) in [6, 6.07) is 1.88. The molecule has 0 fully saturated rings. The molecule has 0 heterocycles. The van der Waals surface area contributed by atoms with Crippen molar-refractivity contribution < 1.29 is 22.7 Å². The Hall–Kier alpha value is -0.330. The second-order valence-electron chi connectivity index (χ2n) is 3.12. The molecule has 0 saturated carbocycles. The first-order chi connectivity index (χ1) is 7.20. The van der Waals surface area contributed by atoms with E-state index in [1.54, 1.807) is 0 Å². The van der Waals surface area contributed by atoms with Gasteiger partial charge in [-0.1, -0.05) is 11.6 Å². The van der Waals surface area contributed by atoms with Gasteiger partial charge in [0, 0.05) is 10.0 Å². The van der Waals surface area contributed by atoms with E-state index in [1.165, 1.54) is 0 Å². The van der Waals surface area contributed by atoms with Crippen LogP contribution < -0.4 is 0 Å². The van der Waals surface area contributed by atoms with Crippen LogP contribution in [0.3, 0.4) is 0 Å². The largest absolute Gasteiger partial charge is 0.391 e. The molecular weight excluding hydrogens is 315 g/mol. The third-order valence-corrected chi connectivity index (χ3v) is 3.02. The van der Waals surface area contributed by atoms with Crippen LogP contribution in [0.4, 0.5) is 17.6 Å². The normalized spacial score (nSPS) is 13.9. The van der Waals surface area contributed by atoms with Crippen LogP contribution in [-0.4, -0.2) is 11.3 Å². The van der Waals surface area contributed by atoms with E-state index in [9.17, 15) is 22.7 Å². The summed E-state index contributed by atoms with van der Waals surface area (Å²) in [6.45, 7) is 0. The first-order valence-corrected chi connectivity index (χ1v) is 5.27. The SMILES string of the molecule is OC(CC(F)(F)F)c1cc(Cl)c(Br)cc1F. The van der Waals surface area contributed by atoms with Crippen molar-refractivity contribution in [3.05, 3.63) is 33.0 Å². The monoisotopic (exact) mass is 320 g/mol. The van der Waals surface area contributed by atoms with Gasteiger partial charge in [-0.05, 0) is 28.1 Å². The zero-order valence-electron chi connectivity index (χ0n) is 7.65. The summed E-state index contributed by atoms with van der Waals surface area (Å²) >= 11 is 8.51. The van der Waals surface area contributed by atoms with Crippen molar-refractivity contribution in [3.63, 3.8) is 0 Å². The predicted octanol–water partition coefficient (Wildman–Crippen LogP) is 4.23. The average Bonchev–Trinajstić information content (AvgIpc) is 2.08. The number of halogens is 6. The van der Waals surface area contributed by atoms with E-state index in [0.29, 0.717) is 0 Å². The van der Waals surface area contributed by atoms with Crippen LogP contribution in [-0.2, 0) is 0 Å². The first-order valence-electron chi connectivity index (χ1n) is 4.10. The smallest absolute Gasteiger partial charge is 0.388 e. The van der Waals surface area contributed by atoms with Crippen molar-refractivity contribution in [2.75, 3.05) is 0 Å². The van der Waals surface area contributed by atoms with Gasteiger partial charge >= 0.3 is 6.18 Å². The van der Waals surface area contributed by atoms with Gasteiger partial charge in [0.1, 0.15) is 5.82 Å². The van der Waals surface area contributed by atoms with E-state index in [-0.39, 0.29) is 9.50 Å². The molecule has 1 rings (SSSR count). The zero-order chi connectivity index (χ0) is 12.5. The third kappa shape index (κ3) is 3.61. The molecule has 0 spiro atoms. The van der Waals surface area contributed by atoms with Crippen molar-refractivity contribution in [2.24, 2.45) is 0 Å². The fourth-order valence-corrected chi connectivity index (χ4v) is 1.61. The lowest BCUT2D eigenvalue weighted by atomic mass is 10.1. The van der Waals surface area contributed by atoms with Crippen molar-refractivity contribution in [2.45, 2.75) is 18.7 Å². The number of hydrogen-bond acceptors (Lipinski definition) is 1. The molecule has 0 aliphatic heterocycles. The van der Waals surface area contributed by atoms with E-state index in [2.05, 4.69) is 15.9 Å². The maximum absolute atomic E-state index is 13.2. The molecule has 1 aromatic rings. The number of aliphatic hydroxyl groups excluding tert-OH is 1. The van der Waals surface area contributed by atoms with Gasteiger partial charge in [0.15, 0.2) is 0 Å². The van der Waals surface area contributed by atoms with Gasteiger partial charge in [-0.2, -0.15) is 13.2 Å². The second kappa shape index (κ2) is 4.89. The zero-order valence-corrected chi connectivity index (χ0v) is 10.00. The van der Waals surface area contributed by atoms with Gasteiger partial charge in [0.25, 0.3) is 0 Å². The topological polar surface area (TPSA) is 20.2 Å². The molecule has 0 saturated heterocycles. The highest BCUT2D eigenvalue weighted by atomic mass is 79.9. The number of hydrogen-bond donors (Lipinski definition) is 1. The molecule has 0 aliphatic carbocycles. The van der Waals surface area contributed by atoms with E-state index in [0.717, 1.165) is 12.1 Å². The second-order valence-corrected chi connectivity index (χ2v) is 4.38. The Morgan fingerprint density at radius 3 is 2.44 bits per heavy atom. The molecule has 0 radical (unpaired) electrons. The quantitative estimate of drug-likeness (QED) is 0.638. The predicted molar refractivity (Wildman–Crippen MR) is 54.7 cm³/mol. The minimum absolute atomic E-state index is 0.0395. The fraction of sp³-hybridized carbons (Fsp3) is 0.333. The summed E-state index contributed by atoms with van der Waals surface area (Å²) < 4.78 is 49.4. The lowest BCUT2D eigenvalue weighted by Crippen LogP contribution is -2.14. The Bertz CT molecular complexity index is 394. The van der Waals surface area contributed by atoms with Crippen molar-refractivity contribution in [1.82, 2.24) is 0 Å². The van der Waals surface area contributed by atoms with Crippen LogP contribution in [0.1, 0.15) is 18.1 Å². The van der Waals surface area contributed by atoms with Crippen LogP contribution in [0.15, 0.2) is 16.6 Å². The number of aliphatic hydroxyl groups is 1. The number of benzene rings is 1. The summed E-state index contributed by atoms with van der Waals surface area (Å²) in [4.78, 5) is 0. The highest BCUT2D eigenvalue weighted by Gasteiger charge is 2.33. The summed E-state index contributed by atoms with van der Waals surface area (Å²) in [5.41, 5.74) is -0.467. The van der Waals surface area contributed by atoms with E-state index in [1.807, 2.05) is 0 Å². The molecular formula is C9H6BrClF4O. The van der Waals surface area contributed by atoms with Gasteiger partial charge in [0.2, 0.25) is 0 Å². The molecule has 0 bridgehead atoms. The van der Waals surface area contributed by atoms with E-state index in [4.69, 9.17) is 11.6 Å². The van der Waals surface area contributed by atoms with E-state index >= 15 is 0 Å². The third-order valence-electron chi connectivity index (χ3n) is 1.82. The Morgan fingerprint density at radius 2 is 1.94 bits per heavy atom. The van der Waals surface area contributed by atoms with Crippen LogP contribution in [0.2, 0.25) is 5.02 Å². The van der Waals surface area contributed by atoms with Crippen molar-refractivity contribution >= 4 is 27.5 Å². The van der Waals surface area contributed by atoms with Crippen molar-refractivity contribution in [1.29, 1.82) is 0 Å². The lowest BCUT2D eigenvalue weighted by molar-refractivity contribution is -0.154. The Kier molecular flexibility index (Phi) is 4.20. The van der Waals surface area contributed by atoms with Gasteiger partial charge in [-0.3, -0.25) is 0 Å². The molecule has 16 heavy (non-hydrogen) atoms. The molecule has 1 atom stereocenters. The molecule has 0 aromatic heterocycles. The summed E-state index contributed by atoms with van der Waals surface area (Å²) in [6.07, 6.45) is -8.03. The molecule has 1 nitrogen and oxygen atoms in total. The first kappa shape index (κ1) is 13.7.